The first-order chi connectivity index (χ1) is 16.0. The van der Waals surface area contributed by atoms with Crippen molar-refractivity contribution in [1.29, 1.82) is 0 Å². The van der Waals surface area contributed by atoms with Crippen LogP contribution >= 0.6 is 23.2 Å². The van der Waals surface area contributed by atoms with Crippen LogP contribution in [0.4, 0.5) is 17.2 Å². The molecule has 5 rings (SSSR count). The van der Waals surface area contributed by atoms with Crippen molar-refractivity contribution < 1.29 is 0 Å². The minimum atomic E-state index is -0.293. The van der Waals surface area contributed by atoms with Crippen LogP contribution in [0.25, 0.3) is 16.6 Å². The van der Waals surface area contributed by atoms with Gasteiger partial charge in [0.2, 0.25) is 0 Å². The monoisotopic (exact) mass is 480 g/mol. The van der Waals surface area contributed by atoms with Crippen molar-refractivity contribution in [3.8, 4) is 5.69 Å². The molecule has 0 bridgehead atoms. The van der Waals surface area contributed by atoms with Crippen LogP contribution in [-0.4, -0.2) is 33.7 Å². The van der Waals surface area contributed by atoms with Crippen LogP contribution in [-0.2, 0) is 0 Å². The first-order valence-corrected chi connectivity index (χ1v) is 11.4. The van der Waals surface area contributed by atoms with E-state index >= 15 is 0 Å². The van der Waals surface area contributed by atoms with Gasteiger partial charge in [0, 0.05) is 42.8 Å². The number of benzene rings is 2. The predicted molar refractivity (Wildman–Crippen MR) is 134 cm³/mol. The van der Waals surface area contributed by atoms with Gasteiger partial charge in [-0.2, -0.15) is 0 Å². The zero-order valence-corrected chi connectivity index (χ0v) is 19.2. The molecule has 0 spiro atoms. The lowest BCUT2D eigenvalue weighted by Crippen LogP contribution is -2.42. The van der Waals surface area contributed by atoms with Crippen LogP contribution in [0.2, 0.25) is 10.0 Å². The summed E-state index contributed by atoms with van der Waals surface area (Å²) in [5.74, 6) is 0.593. The number of nitrogens with two attached hydrogens (primary N) is 1. The number of para-hydroxylation sites is 1. The Balaban J connectivity index is 1.39. The van der Waals surface area contributed by atoms with Gasteiger partial charge in [-0.15, -0.1) is 0 Å². The zero-order valence-electron chi connectivity index (χ0n) is 17.7. The molecule has 9 heteroatoms. The number of aromatic nitrogens is 3. The zero-order chi connectivity index (χ0) is 22.9. The van der Waals surface area contributed by atoms with E-state index in [1.165, 1.54) is 17.1 Å². The summed E-state index contributed by atoms with van der Waals surface area (Å²) in [6.45, 7) is 1.90. The van der Waals surface area contributed by atoms with E-state index in [1.807, 2.05) is 12.1 Å². The number of nitrogens with one attached hydrogen (secondary N) is 1. The molecule has 168 valence electrons. The Hall–Kier alpha value is -3.13. The summed E-state index contributed by atoms with van der Waals surface area (Å²) in [5, 5.41) is 4.38. The fraction of sp³-hybridized carbons (Fsp3) is 0.208. The van der Waals surface area contributed by atoms with E-state index in [4.69, 9.17) is 28.9 Å². The number of anilines is 3. The normalized spacial score (nSPS) is 16.2. The second kappa shape index (κ2) is 9.02. The predicted octanol–water partition coefficient (Wildman–Crippen LogP) is 4.76. The number of nitrogens with zero attached hydrogens (tertiary/aromatic N) is 4. The molecule has 0 radical (unpaired) electrons. The van der Waals surface area contributed by atoms with Crippen molar-refractivity contribution in [2.24, 2.45) is 5.73 Å². The van der Waals surface area contributed by atoms with Crippen molar-refractivity contribution in [3.63, 3.8) is 0 Å². The summed E-state index contributed by atoms with van der Waals surface area (Å²) in [4.78, 5) is 24.2. The van der Waals surface area contributed by atoms with E-state index < -0.39 is 0 Å². The molecule has 1 atom stereocenters. The Morgan fingerprint density at radius 2 is 1.82 bits per heavy atom. The quantitative estimate of drug-likeness (QED) is 0.437. The first kappa shape index (κ1) is 21.7. The van der Waals surface area contributed by atoms with Crippen LogP contribution in [0.3, 0.4) is 0 Å². The Morgan fingerprint density at radius 1 is 1.06 bits per heavy atom. The lowest BCUT2D eigenvalue weighted by molar-refractivity contribution is 0.506. The molecule has 1 saturated heterocycles. The number of hydrogen-bond acceptors (Lipinski definition) is 6. The third-order valence-electron chi connectivity index (χ3n) is 5.78. The smallest absolute Gasteiger partial charge is 0.267 e. The van der Waals surface area contributed by atoms with Gasteiger partial charge in [0.1, 0.15) is 12.1 Å². The highest BCUT2D eigenvalue weighted by Gasteiger charge is 2.17. The van der Waals surface area contributed by atoms with E-state index in [1.54, 1.807) is 24.3 Å². The minimum Gasteiger partial charge on any atom is -0.370 e. The molecule has 33 heavy (non-hydrogen) atoms. The van der Waals surface area contributed by atoms with Crippen LogP contribution in [0.1, 0.15) is 12.8 Å². The molecule has 3 heterocycles. The van der Waals surface area contributed by atoms with Gasteiger partial charge in [-0.25, -0.2) is 9.97 Å². The van der Waals surface area contributed by atoms with Gasteiger partial charge < -0.3 is 16.0 Å². The van der Waals surface area contributed by atoms with Crippen molar-refractivity contribution in [2.45, 2.75) is 18.9 Å². The molecular weight excluding hydrogens is 459 g/mol. The maximum Gasteiger partial charge on any atom is 0.267 e. The Kier molecular flexibility index (Phi) is 5.93. The standard InChI is InChI=1S/C24H22Cl2N6O/c25-19-4-1-5-20(26)23(19)32-14-29-21-11-22(28-12-18(21)24(32)33)30-16-6-8-17(9-7-16)31-10-2-3-15(27)13-31/h1,4-9,11-12,14-15H,2-3,10,13,27H2,(H,28,30)/t15-/m0/s1. The molecule has 0 saturated carbocycles. The second-order valence-electron chi connectivity index (χ2n) is 8.10. The number of fused-ring (bicyclic) bond motifs is 1. The van der Waals surface area contributed by atoms with Crippen molar-refractivity contribution in [1.82, 2.24) is 14.5 Å². The molecule has 0 amide bonds. The van der Waals surface area contributed by atoms with Gasteiger partial charge in [0.05, 0.1) is 26.6 Å². The lowest BCUT2D eigenvalue weighted by Gasteiger charge is -2.32. The van der Waals surface area contributed by atoms with Crippen LogP contribution in [0.15, 0.2) is 65.8 Å². The summed E-state index contributed by atoms with van der Waals surface area (Å²) in [6.07, 6.45) is 5.13. The summed E-state index contributed by atoms with van der Waals surface area (Å²) in [6, 6.07) is 15.2. The molecule has 0 unspecified atom stereocenters. The second-order valence-corrected chi connectivity index (χ2v) is 8.91. The topological polar surface area (TPSA) is 89.1 Å². The summed E-state index contributed by atoms with van der Waals surface area (Å²) >= 11 is 12.5. The molecule has 2 aromatic carbocycles. The highest BCUT2D eigenvalue weighted by atomic mass is 35.5. The lowest BCUT2D eigenvalue weighted by atomic mass is 10.1. The van der Waals surface area contributed by atoms with Crippen LogP contribution in [0.5, 0.6) is 0 Å². The molecule has 4 aromatic rings. The van der Waals surface area contributed by atoms with Crippen molar-refractivity contribution in [3.05, 3.63) is 81.5 Å². The van der Waals surface area contributed by atoms with Crippen molar-refractivity contribution >= 4 is 51.3 Å². The van der Waals surface area contributed by atoms with Gasteiger partial charge in [-0.3, -0.25) is 9.36 Å². The van der Waals surface area contributed by atoms with E-state index in [2.05, 4.69) is 32.3 Å². The molecular formula is C24H22Cl2N6O. The molecule has 7 nitrogen and oxygen atoms in total. The Bertz CT molecular complexity index is 1350. The summed E-state index contributed by atoms with van der Waals surface area (Å²) in [7, 11) is 0. The number of pyridine rings is 1. The van der Waals surface area contributed by atoms with Crippen LogP contribution < -0.4 is 21.5 Å². The molecule has 3 N–H and O–H groups in total. The van der Waals surface area contributed by atoms with E-state index in [0.717, 1.165) is 37.3 Å². The fourth-order valence-corrected chi connectivity index (χ4v) is 4.69. The fourth-order valence-electron chi connectivity index (χ4n) is 4.11. The summed E-state index contributed by atoms with van der Waals surface area (Å²) in [5.41, 5.74) is 8.78. The molecule has 1 fully saturated rings. The Morgan fingerprint density at radius 3 is 2.55 bits per heavy atom. The van der Waals surface area contributed by atoms with E-state index in [-0.39, 0.29) is 11.6 Å². The van der Waals surface area contributed by atoms with E-state index in [0.29, 0.717) is 32.5 Å². The average Bonchev–Trinajstić information content (AvgIpc) is 2.81. The summed E-state index contributed by atoms with van der Waals surface area (Å²) < 4.78 is 1.34. The SMILES string of the molecule is N[C@H]1CCCN(c2ccc(Nc3cc4ncn(-c5c(Cl)cccc5Cl)c(=O)c4cn3)cc2)C1. The highest BCUT2D eigenvalue weighted by molar-refractivity contribution is 6.37. The van der Waals surface area contributed by atoms with Crippen molar-refractivity contribution in [2.75, 3.05) is 23.3 Å². The number of halogens is 2. The maximum absolute atomic E-state index is 13.0. The first-order valence-electron chi connectivity index (χ1n) is 10.7. The Labute approximate surface area is 200 Å². The average molecular weight is 481 g/mol. The van der Waals surface area contributed by atoms with Crippen LogP contribution in [0, 0.1) is 0 Å². The maximum atomic E-state index is 13.0. The van der Waals surface area contributed by atoms with E-state index in [9.17, 15) is 4.79 Å². The molecule has 2 aromatic heterocycles. The van der Waals surface area contributed by atoms with Gasteiger partial charge >= 0.3 is 0 Å². The van der Waals surface area contributed by atoms with Gasteiger partial charge in [-0.1, -0.05) is 29.3 Å². The van der Waals surface area contributed by atoms with Gasteiger partial charge in [0.25, 0.3) is 5.56 Å². The molecule has 1 aliphatic heterocycles. The number of piperidine rings is 1. The third kappa shape index (κ3) is 4.39. The number of hydrogen-bond donors (Lipinski definition) is 2. The molecule has 1 aliphatic rings. The minimum absolute atomic E-state index is 0.226. The molecule has 0 aliphatic carbocycles. The van der Waals surface area contributed by atoms with Gasteiger partial charge in [-0.05, 0) is 49.2 Å². The third-order valence-corrected chi connectivity index (χ3v) is 6.39. The highest BCUT2D eigenvalue weighted by Crippen LogP contribution is 2.28. The largest absolute Gasteiger partial charge is 0.370 e. The van der Waals surface area contributed by atoms with Gasteiger partial charge in [0.15, 0.2) is 0 Å². The number of rotatable bonds is 4.